The van der Waals surface area contributed by atoms with Crippen molar-refractivity contribution in [1.82, 2.24) is 0 Å². The zero-order valence-corrected chi connectivity index (χ0v) is 8.75. The summed E-state index contributed by atoms with van der Waals surface area (Å²) in [5, 5.41) is 19.7. The van der Waals surface area contributed by atoms with Crippen LogP contribution in [0.3, 0.4) is 0 Å². The van der Waals surface area contributed by atoms with Gasteiger partial charge >= 0.3 is 0 Å². The maximum atomic E-state index is 10.9. The molecule has 0 fully saturated rings. The van der Waals surface area contributed by atoms with Crippen LogP contribution >= 0.6 is 0 Å². The molecule has 0 aromatic heterocycles. The third kappa shape index (κ3) is 2.13. The lowest BCUT2D eigenvalue weighted by Gasteiger charge is -2.02. The van der Waals surface area contributed by atoms with Gasteiger partial charge in [-0.2, -0.15) is 5.26 Å². The van der Waals surface area contributed by atoms with E-state index >= 15 is 0 Å². The Morgan fingerprint density at radius 3 is 2.82 bits per heavy atom. The topological polar surface area (TPSA) is 66.9 Å². The standard InChI is InChI=1S/C13H7N2O2/c14-9-10-4-3-5-11(8-10)12-6-1-2-7-13(12)15(16)17/h1-6,8H. The van der Waals surface area contributed by atoms with Crippen molar-refractivity contribution in [3.63, 3.8) is 0 Å². The molecule has 0 bridgehead atoms. The van der Waals surface area contributed by atoms with Gasteiger partial charge in [0, 0.05) is 0 Å². The van der Waals surface area contributed by atoms with Gasteiger partial charge in [-0.3, -0.25) is 10.1 Å². The van der Waals surface area contributed by atoms with E-state index in [1.807, 2.05) is 6.07 Å². The van der Waals surface area contributed by atoms with E-state index in [9.17, 15) is 10.1 Å². The summed E-state index contributed by atoms with van der Waals surface area (Å²) in [6.07, 6.45) is 0. The number of hydrogen-bond acceptors (Lipinski definition) is 3. The number of hydrogen-bond donors (Lipinski definition) is 0. The predicted molar refractivity (Wildman–Crippen MR) is 62.1 cm³/mol. The molecule has 2 aromatic rings. The lowest BCUT2D eigenvalue weighted by Crippen LogP contribution is -1.92. The molecule has 17 heavy (non-hydrogen) atoms. The Bertz CT molecular complexity index is 615. The van der Waals surface area contributed by atoms with Crippen LogP contribution < -0.4 is 0 Å². The van der Waals surface area contributed by atoms with Crippen molar-refractivity contribution in [2.75, 3.05) is 0 Å². The molecule has 0 aliphatic heterocycles. The molecule has 2 aromatic carbocycles. The van der Waals surface area contributed by atoms with E-state index in [2.05, 4.69) is 6.07 Å². The van der Waals surface area contributed by atoms with Gasteiger partial charge in [0.15, 0.2) is 0 Å². The first-order chi connectivity index (χ1) is 8.22. The molecule has 0 amide bonds. The average molecular weight is 223 g/mol. The SMILES string of the molecule is N#Cc1cccc(-c2ccc[c]c2[N+](=O)[O-])c1. The summed E-state index contributed by atoms with van der Waals surface area (Å²) in [4.78, 5) is 10.4. The average Bonchev–Trinajstić information content (AvgIpc) is 2.39. The molecule has 4 nitrogen and oxygen atoms in total. The fourth-order valence-corrected chi connectivity index (χ4v) is 1.57. The Hall–Kier alpha value is -2.67. The van der Waals surface area contributed by atoms with Crippen LogP contribution in [0.25, 0.3) is 11.1 Å². The fraction of sp³-hybridized carbons (Fsp3) is 0. The van der Waals surface area contributed by atoms with Crippen molar-refractivity contribution < 1.29 is 4.92 Å². The largest absolute Gasteiger partial charge is 0.285 e. The number of nitrogens with zero attached hydrogens (tertiary/aromatic N) is 2. The van der Waals surface area contributed by atoms with Gasteiger partial charge in [0.1, 0.15) is 0 Å². The van der Waals surface area contributed by atoms with Gasteiger partial charge in [-0.15, -0.1) is 0 Å². The van der Waals surface area contributed by atoms with Crippen molar-refractivity contribution in [3.8, 4) is 17.2 Å². The van der Waals surface area contributed by atoms with Crippen molar-refractivity contribution in [1.29, 1.82) is 5.26 Å². The van der Waals surface area contributed by atoms with Crippen LogP contribution in [0, 0.1) is 27.5 Å². The highest BCUT2D eigenvalue weighted by Crippen LogP contribution is 2.29. The highest BCUT2D eigenvalue weighted by Gasteiger charge is 2.14. The minimum Gasteiger partial charge on any atom is -0.258 e. The van der Waals surface area contributed by atoms with Crippen LogP contribution in [0.4, 0.5) is 5.69 Å². The number of nitro benzene ring substituents is 1. The molecule has 0 unspecified atom stereocenters. The second-order valence-electron chi connectivity index (χ2n) is 3.38. The molecule has 81 valence electrons. The van der Waals surface area contributed by atoms with E-state index in [1.54, 1.807) is 36.4 Å². The molecule has 0 spiro atoms. The van der Waals surface area contributed by atoms with Gasteiger partial charge in [-0.05, 0) is 29.8 Å². The first kappa shape index (κ1) is 10.8. The summed E-state index contributed by atoms with van der Waals surface area (Å²) in [5.41, 5.74) is 1.51. The monoisotopic (exact) mass is 223 g/mol. The quantitative estimate of drug-likeness (QED) is 0.580. The van der Waals surface area contributed by atoms with Crippen LogP contribution in [0.5, 0.6) is 0 Å². The smallest absolute Gasteiger partial charge is 0.258 e. The van der Waals surface area contributed by atoms with Crippen LogP contribution in [0.15, 0.2) is 42.5 Å². The summed E-state index contributed by atoms with van der Waals surface area (Å²) >= 11 is 0. The van der Waals surface area contributed by atoms with Gasteiger partial charge in [-0.25, -0.2) is 0 Å². The third-order valence-electron chi connectivity index (χ3n) is 2.32. The number of nitriles is 1. The first-order valence-corrected chi connectivity index (χ1v) is 4.88. The Kier molecular flexibility index (Phi) is 2.84. The van der Waals surface area contributed by atoms with E-state index in [1.165, 1.54) is 6.07 Å². The molecule has 0 heterocycles. The Morgan fingerprint density at radius 1 is 1.29 bits per heavy atom. The molecule has 0 atom stereocenters. The molecular formula is C13H7N2O2. The summed E-state index contributed by atoms with van der Waals surface area (Å²) in [6, 6.07) is 16.1. The highest BCUT2D eigenvalue weighted by atomic mass is 16.6. The summed E-state index contributed by atoms with van der Waals surface area (Å²) in [6.45, 7) is 0. The van der Waals surface area contributed by atoms with Crippen molar-refractivity contribution in [2.45, 2.75) is 0 Å². The van der Waals surface area contributed by atoms with Crippen LogP contribution in [0.1, 0.15) is 5.56 Å². The van der Waals surface area contributed by atoms with Crippen LogP contribution in [-0.2, 0) is 0 Å². The van der Waals surface area contributed by atoms with E-state index in [0.717, 1.165) is 0 Å². The predicted octanol–water partition coefficient (Wildman–Crippen LogP) is 2.93. The third-order valence-corrected chi connectivity index (χ3v) is 2.32. The summed E-state index contributed by atoms with van der Waals surface area (Å²) in [5.74, 6) is 0. The molecule has 2 rings (SSSR count). The minimum absolute atomic E-state index is 0.0809. The number of nitro groups is 1. The summed E-state index contributed by atoms with van der Waals surface area (Å²) in [7, 11) is 0. The van der Waals surface area contributed by atoms with Gasteiger partial charge in [0.2, 0.25) is 0 Å². The maximum absolute atomic E-state index is 10.9. The molecule has 0 saturated heterocycles. The van der Waals surface area contributed by atoms with E-state index in [4.69, 9.17) is 5.26 Å². The van der Waals surface area contributed by atoms with E-state index < -0.39 is 4.92 Å². The summed E-state index contributed by atoms with van der Waals surface area (Å²) < 4.78 is 0. The van der Waals surface area contributed by atoms with Crippen LogP contribution in [0.2, 0.25) is 0 Å². The van der Waals surface area contributed by atoms with Crippen LogP contribution in [-0.4, -0.2) is 4.92 Å². The molecule has 0 aliphatic rings. The number of benzene rings is 2. The van der Waals surface area contributed by atoms with Gasteiger partial charge in [-0.1, -0.05) is 18.2 Å². The highest BCUT2D eigenvalue weighted by molar-refractivity contribution is 5.73. The van der Waals surface area contributed by atoms with Crippen molar-refractivity contribution >= 4 is 5.69 Å². The zero-order chi connectivity index (χ0) is 12.3. The molecule has 4 heteroatoms. The maximum Gasteiger partial charge on any atom is 0.285 e. The second kappa shape index (κ2) is 4.45. The normalized spacial score (nSPS) is 9.59. The Labute approximate surface area is 97.9 Å². The molecule has 1 radical (unpaired) electrons. The zero-order valence-electron chi connectivity index (χ0n) is 8.75. The molecule has 0 saturated carbocycles. The van der Waals surface area contributed by atoms with Crippen molar-refractivity contribution in [3.05, 3.63) is 64.2 Å². The Balaban J connectivity index is 2.61. The Morgan fingerprint density at radius 2 is 2.12 bits per heavy atom. The minimum atomic E-state index is -0.478. The fourth-order valence-electron chi connectivity index (χ4n) is 1.57. The lowest BCUT2D eigenvalue weighted by molar-refractivity contribution is -0.384. The van der Waals surface area contributed by atoms with Gasteiger partial charge in [0.05, 0.1) is 28.2 Å². The lowest BCUT2D eigenvalue weighted by atomic mass is 10.0. The second-order valence-corrected chi connectivity index (χ2v) is 3.38. The van der Waals surface area contributed by atoms with Gasteiger partial charge < -0.3 is 0 Å². The molecule has 0 aliphatic carbocycles. The molecular weight excluding hydrogens is 216 g/mol. The number of rotatable bonds is 2. The van der Waals surface area contributed by atoms with Gasteiger partial charge in [0.25, 0.3) is 5.69 Å². The van der Waals surface area contributed by atoms with E-state index in [0.29, 0.717) is 16.7 Å². The first-order valence-electron chi connectivity index (χ1n) is 4.88. The number of para-hydroxylation sites is 1. The van der Waals surface area contributed by atoms with E-state index in [-0.39, 0.29) is 5.69 Å². The molecule has 0 N–H and O–H groups in total. The van der Waals surface area contributed by atoms with Crippen molar-refractivity contribution in [2.24, 2.45) is 0 Å².